The molecule has 0 aromatic rings. The lowest BCUT2D eigenvalue weighted by atomic mass is 9.35. The molecule has 19 unspecified atom stereocenters. The van der Waals surface area contributed by atoms with Crippen LogP contribution in [-0.2, 0) is 18.9 Å². The van der Waals surface area contributed by atoms with Crippen LogP contribution in [0.1, 0.15) is 106 Å². The molecule has 0 bridgehead atoms. The lowest BCUT2D eigenvalue weighted by Gasteiger charge is -2.70. The maximum absolute atomic E-state index is 11.5. The molecule has 0 amide bonds. The zero-order valence-corrected chi connectivity index (χ0v) is 33.2. The van der Waals surface area contributed by atoms with Crippen molar-refractivity contribution < 1.29 is 64.9 Å². The highest BCUT2D eigenvalue weighted by Gasteiger charge is 2.70. The van der Waals surface area contributed by atoms with Gasteiger partial charge in [0.05, 0.1) is 25.4 Å². The summed E-state index contributed by atoms with van der Waals surface area (Å²) < 4.78 is 24.7. The van der Waals surface area contributed by atoms with E-state index in [2.05, 4.69) is 47.6 Å². The largest absolute Gasteiger partial charge is 0.396 e. The van der Waals surface area contributed by atoms with Crippen LogP contribution in [0.4, 0.5) is 0 Å². The Kier molecular flexibility index (Phi) is 12.8. The zero-order chi connectivity index (χ0) is 39.5. The predicted molar refractivity (Wildman–Crippen MR) is 196 cm³/mol. The number of hydrogen-bond acceptors (Lipinski definition) is 13. The van der Waals surface area contributed by atoms with Crippen LogP contribution >= 0.6 is 0 Å². The summed E-state index contributed by atoms with van der Waals surface area (Å²) in [4.78, 5) is 0. The van der Waals surface area contributed by atoms with Gasteiger partial charge in [-0.25, -0.2) is 0 Å². The van der Waals surface area contributed by atoms with Crippen molar-refractivity contribution in [2.75, 3.05) is 19.8 Å². The summed E-state index contributed by atoms with van der Waals surface area (Å²) in [6.07, 6.45) is -3.30. The Morgan fingerprint density at radius 2 is 1.28 bits per heavy atom. The average molecular weight is 771 g/mol. The average Bonchev–Trinajstić information content (AvgIpc) is 3.49. The van der Waals surface area contributed by atoms with E-state index in [1.54, 1.807) is 0 Å². The quantitative estimate of drug-likeness (QED) is 0.108. The lowest BCUT2D eigenvalue weighted by molar-refractivity contribution is -0.333. The molecule has 13 heteroatoms. The number of ether oxygens (including phenoxy) is 4. The maximum Gasteiger partial charge on any atom is 0.186 e. The van der Waals surface area contributed by atoms with Crippen molar-refractivity contribution in [3.05, 3.63) is 11.6 Å². The minimum Gasteiger partial charge on any atom is -0.396 e. The van der Waals surface area contributed by atoms with E-state index in [4.69, 9.17) is 18.9 Å². The first-order valence-electron chi connectivity index (χ1n) is 20.6. The zero-order valence-electron chi connectivity index (χ0n) is 33.2. The Bertz CT molecular complexity index is 1310. The van der Waals surface area contributed by atoms with Crippen LogP contribution in [0.25, 0.3) is 0 Å². The molecule has 13 nitrogen and oxygen atoms in total. The summed E-state index contributed by atoms with van der Waals surface area (Å²) in [5, 5.41) is 94.6. The summed E-state index contributed by atoms with van der Waals surface area (Å²) >= 11 is 0. The van der Waals surface area contributed by atoms with Crippen LogP contribution in [0.5, 0.6) is 0 Å². The van der Waals surface area contributed by atoms with E-state index in [0.717, 1.165) is 51.4 Å². The van der Waals surface area contributed by atoms with E-state index in [9.17, 15) is 46.0 Å². The third kappa shape index (κ3) is 6.96. The van der Waals surface area contributed by atoms with Crippen molar-refractivity contribution in [1.29, 1.82) is 0 Å². The minimum atomic E-state index is -1.51. The molecule has 0 radical (unpaired) electrons. The van der Waals surface area contributed by atoms with Crippen LogP contribution in [0, 0.1) is 45.3 Å². The van der Waals surface area contributed by atoms with E-state index in [-0.39, 0.29) is 52.8 Å². The van der Waals surface area contributed by atoms with Crippen LogP contribution in [0.2, 0.25) is 0 Å². The van der Waals surface area contributed by atoms with Gasteiger partial charge in [0, 0.05) is 12.0 Å². The molecule has 2 aliphatic heterocycles. The molecule has 312 valence electrons. The highest BCUT2D eigenvalue weighted by Crippen LogP contribution is 2.75. The molecule has 0 aromatic heterocycles. The molecule has 9 N–H and O–H groups in total. The molecular weight excluding hydrogens is 700 g/mol. The normalized spacial score (nSPS) is 50.8. The van der Waals surface area contributed by atoms with Gasteiger partial charge in [0.25, 0.3) is 0 Å². The molecule has 0 aromatic carbocycles. The molecule has 6 aliphatic rings. The molecule has 6 rings (SSSR count). The fourth-order valence-electron chi connectivity index (χ4n) is 13.0. The van der Waals surface area contributed by atoms with Crippen LogP contribution in [-0.4, -0.2) is 139 Å². The van der Waals surface area contributed by atoms with Crippen LogP contribution in [0.15, 0.2) is 11.6 Å². The van der Waals surface area contributed by atoms with Crippen molar-refractivity contribution in [3.63, 3.8) is 0 Å². The van der Waals surface area contributed by atoms with Gasteiger partial charge in [-0.1, -0.05) is 39.3 Å². The Labute approximate surface area is 320 Å². The fraction of sp³-hybridized carbons (Fsp3) is 0.951. The second-order valence-electron chi connectivity index (χ2n) is 19.2. The van der Waals surface area contributed by atoms with Crippen LogP contribution in [0.3, 0.4) is 0 Å². The van der Waals surface area contributed by atoms with Gasteiger partial charge in [-0.3, -0.25) is 0 Å². The molecule has 19 atom stereocenters. The molecule has 6 fully saturated rings. The Balaban J connectivity index is 1.23. The fourth-order valence-corrected chi connectivity index (χ4v) is 13.0. The van der Waals surface area contributed by atoms with Gasteiger partial charge in [-0.05, 0) is 118 Å². The highest BCUT2D eigenvalue weighted by atomic mass is 16.7. The molecule has 0 spiro atoms. The highest BCUT2D eigenvalue weighted by molar-refractivity contribution is 5.19. The van der Waals surface area contributed by atoms with Crippen molar-refractivity contribution in [2.45, 2.75) is 179 Å². The molecular formula is C41H70O13. The van der Waals surface area contributed by atoms with Crippen LogP contribution < -0.4 is 0 Å². The molecule has 2 saturated heterocycles. The van der Waals surface area contributed by atoms with Crippen molar-refractivity contribution in [1.82, 2.24) is 0 Å². The molecule has 4 saturated carbocycles. The van der Waals surface area contributed by atoms with E-state index in [1.165, 1.54) is 5.57 Å². The maximum atomic E-state index is 11.5. The third-order valence-corrected chi connectivity index (χ3v) is 16.2. The molecule has 4 aliphatic carbocycles. The number of allylic oxidation sites excluding steroid dienone is 2. The van der Waals surface area contributed by atoms with Gasteiger partial charge in [0.15, 0.2) is 12.6 Å². The van der Waals surface area contributed by atoms with Gasteiger partial charge in [-0.15, -0.1) is 0 Å². The number of aliphatic hydroxyl groups is 9. The van der Waals surface area contributed by atoms with E-state index in [1.807, 2.05) is 0 Å². The Morgan fingerprint density at radius 3 is 1.87 bits per heavy atom. The summed E-state index contributed by atoms with van der Waals surface area (Å²) in [7, 11) is 0. The first kappa shape index (κ1) is 42.8. The second kappa shape index (κ2) is 16.1. The number of aliphatic hydroxyl groups excluding tert-OH is 9. The lowest BCUT2D eigenvalue weighted by Crippen LogP contribution is -2.67. The summed E-state index contributed by atoms with van der Waals surface area (Å²) in [5.74, 6) is 0.830. The van der Waals surface area contributed by atoms with Gasteiger partial charge in [0.1, 0.15) is 48.8 Å². The minimum absolute atomic E-state index is 0.0594. The SMILES string of the molecule is CC(C)=CCCC(OC1OC(CO)C(O)C(O)C1O)C1CCC2(C)C1CCC1C3(CO)CCC(OC4OC(CO)C(O)C(O)C4O)C(C)(C)C3CCC12C. The summed E-state index contributed by atoms with van der Waals surface area (Å²) in [5.41, 5.74) is 0.279. The number of rotatable bonds is 11. The molecule has 2 heterocycles. The van der Waals surface area contributed by atoms with E-state index >= 15 is 0 Å². The summed E-state index contributed by atoms with van der Waals surface area (Å²) in [6.45, 7) is 12.4. The van der Waals surface area contributed by atoms with Crippen molar-refractivity contribution in [2.24, 2.45) is 45.3 Å². The first-order valence-corrected chi connectivity index (χ1v) is 20.6. The smallest absolute Gasteiger partial charge is 0.186 e. The Hall–Kier alpha value is -0.780. The second-order valence-corrected chi connectivity index (χ2v) is 19.2. The molecule has 54 heavy (non-hydrogen) atoms. The summed E-state index contributed by atoms with van der Waals surface area (Å²) in [6, 6.07) is 0. The monoisotopic (exact) mass is 770 g/mol. The van der Waals surface area contributed by atoms with Crippen molar-refractivity contribution >= 4 is 0 Å². The number of fused-ring (bicyclic) bond motifs is 5. The van der Waals surface area contributed by atoms with Gasteiger partial charge in [-0.2, -0.15) is 0 Å². The third-order valence-electron chi connectivity index (χ3n) is 16.2. The van der Waals surface area contributed by atoms with Gasteiger partial charge in [0.2, 0.25) is 0 Å². The van der Waals surface area contributed by atoms with E-state index in [0.29, 0.717) is 18.8 Å². The van der Waals surface area contributed by atoms with Gasteiger partial charge >= 0.3 is 0 Å². The Morgan fingerprint density at radius 1 is 0.685 bits per heavy atom. The van der Waals surface area contributed by atoms with E-state index < -0.39 is 80.0 Å². The predicted octanol–water partition coefficient (Wildman–Crippen LogP) is 1.76. The topological polar surface area (TPSA) is 219 Å². The van der Waals surface area contributed by atoms with Crippen molar-refractivity contribution in [3.8, 4) is 0 Å². The van der Waals surface area contributed by atoms with Gasteiger partial charge < -0.3 is 64.9 Å². The number of hydrogen-bond donors (Lipinski definition) is 9. The standard InChI is InChI=1S/C41H70O13/c1-21(2)8-7-9-24(51-36-34(49)32(47)30(45)25(18-42)52-36)22-12-15-39(5)23(22)10-11-28-40(39,6)16-13-27-38(3,4)29(14-17-41(27,28)20-44)54-37-35(50)33(48)31(46)26(19-43)53-37/h8,22-37,42-50H,7,9-20H2,1-6H3. The first-order chi connectivity index (χ1) is 25.4.